The van der Waals surface area contributed by atoms with Crippen LogP contribution in [0.5, 0.6) is 0 Å². The third-order valence-corrected chi connectivity index (χ3v) is 3.66. The van der Waals surface area contributed by atoms with Gasteiger partial charge in [-0.05, 0) is 24.3 Å². The second-order valence-corrected chi connectivity index (χ2v) is 5.65. The summed E-state index contributed by atoms with van der Waals surface area (Å²) in [5.41, 5.74) is 2.94. The van der Waals surface area contributed by atoms with Gasteiger partial charge in [-0.1, -0.05) is 23.3 Å². The monoisotopic (exact) mass is 286 g/mol. The SMILES string of the molecule is C[S+]([O-])c1ncc2ccc(CNc3ccccc3)n2n1. The molecule has 0 radical (unpaired) electrons. The van der Waals surface area contributed by atoms with Gasteiger partial charge in [0.1, 0.15) is 6.26 Å². The number of hydrogen-bond donors (Lipinski definition) is 1. The van der Waals surface area contributed by atoms with Crippen LogP contribution in [0.15, 0.2) is 53.8 Å². The average molecular weight is 286 g/mol. The summed E-state index contributed by atoms with van der Waals surface area (Å²) in [6.45, 7) is 0.644. The Kier molecular flexibility index (Phi) is 3.58. The summed E-state index contributed by atoms with van der Waals surface area (Å²) >= 11 is -1.18. The lowest BCUT2D eigenvalue weighted by Crippen LogP contribution is -2.10. The van der Waals surface area contributed by atoms with Crippen molar-refractivity contribution in [2.45, 2.75) is 11.7 Å². The predicted octanol–water partition coefficient (Wildman–Crippen LogP) is 2.08. The van der Waals surface area contributed by atoms with E-state index in [2.05, 4.69) is 15.4 Å². The molecule has 0 saturated heterocycles. The molecule has 3 rings (SSSR count). The number of hydrogen-bond acceptors (Lipinski definition) is 4. The minimum atomic E-state index is -1.18. The Hall–Kier alpha value is -2.05. The molecule has 0 aliphatic carbocycles. The van der Waals surface area contributed by atoms with Crippen molar-refractivity contribution in [2.24, 2.45) is 0 Å². The molecule has 102 valence electrons. The third kappa shape index (κ3) is 2.61. The van der Waals surface area contributed by atoms with Crippen LogP contribution in [-0.2, 0) is 17.7 Å². The van der Waals surface area contributed by atoms with Gasteiger partial charge < -0.3 is 9.87 Å². The van der Waals surface area contributed by atoms with E-state index in [-0.39, 0.29) is 0 Å². The molecule has 0 spiro atoms. The van der Waals surface area contributed by atoms with E-state index in [0.29, 0.717) is 11.7 Å². The van der Waals surface area contributed by atoms with Crippen LogP contribution in [0.3, 0.4) is 0 Å². The highest BCUT2D eigenvalue weighted by molar-refractivity contribution is 7.90. The molecule has 0 amide bonds. The Labute approximate surface area is 119 Å². The van der Waals surface area contributed by atoms with E-state index in [0.717, 1.165) is 16.9 Å². The molecule has 0 fully saturated rings. The molecular weight excluding hydrogens is 272 g/mol. The highest BCUT2D eigenvalue weighted by Gasteiger charge is 2.11. The second kappa shape index (κ2) is 5.52. The summed E-state index contributed by atoms with van der Waals surface area (Å²) in [6.07, 6.45) is 3.27. The lowest BCUT2D eigenvalue weighted by Gasteiger charge is -2.07. The van der Waals surface area contributed by atoms with E-state index in [1.807, 2.05) is 42.5 Å². The molecule has 1 aromatic carbocycles. The summed E-state index contributed by atoms with van der Waals surface area (Å²) in [5, 5.41) is 7.99. The molecule has 0 aliphatic heterocycles. The van der Waals surface area contributed by atoms with E-state index < -0.39 is 11.2 Å². The van der Waals surface area contributed by atoms with Crippen LogP contribution in [0.4, 0.5) is 5.69 Å². The molecule has 0 saturated carbocycles. The van der Waals surface area contributed by atoms with Crippen molar-refractivity contribution in [3.8, 4) is 0 Å². The first kappa shape index (κ1) is 13.0. The van der Waals surface area contributed by atoms with Gasteiger partial charge in [-0.3, -0.25) is 0 Å². The third-order valence-electron chi connectivity index (χ3n) is 2.96. The van der Waals surface area contributed by atoms with Crippen molar-refractivity contribution in [1.82, 2.24) is 14.6 Å². The number of benzene rings is 1. The maximum Gasteiger partial charge on any atom is 0.359 e. The summed E-state index contributed by atoms with van der Waals surface area (Å²) in [4.78, 5) is 4.09. The highest BCUT2D eigenvalue weighted by atomic mass is 32.2. The summed E-state index contributed by atoms with van der Waals surface area (Å²) in [5.74, 6) is 0. The van der Waals surface area contributed by atoms with Crippen molar-refractivity contribution in [3.05, 3.63) is 54.4 Å². The van der Waals surface area contributed by atoms with E-state index in [1.165, 1.54) is 0 Å². The quantitative estimate of drug-likeness (QED) is 0.746. The Morgan fingerprint density at radius 1 is 1.20 bits per heavy atom. The van der Waals surface area contributed by atoms with Gasteiger partial charge in [-0.25, -0.2) is 4.52 Å². The number of aromatic nitrogens is 3. The van der Waals surface area contributed by atoms with Crippen LogP contribution in [0, 0.1) is 0 Å². The van der Waals surface area contributed by atoms with Gasteiger partial charge in [0.25, 0.3) is 0 Å². The van der Waals surface area contributed by atoms with Crippen LogP contribution < -0.4 is 5.32 Å². The summed E-state index contributed by atoms with van der Waals surface area (Å²) in [6, 6.07) is 13.9. The zero-order valence-electron chi connectivity index (χ0n) is 11.0. The Bertz CT molecular complexity index is 712. The number of nitrogens with one attached hydrogen (secondary N) is 1. The first-order valence-corrected chi connectivity index (χ1v) is 7.76. The first-order valence-electron chi connectivity index (χ1n) is 6.20. The van der Waals surface area contributed by atoms with Gasteiger partial charge in [-0.15, -0.1) is 0 Å². The minimum Gasteiger partial charge on any atom is -0.609 e. The second-order valence-electron chi connectivity index (χ2n) is 4.38. The lowest BCUT2D eigenvalue weighted by molar-refractivity contribution is 0.585. The molecule has 1 N–H and O–H groups in total. The van der Waals surface area contributed by atoms with Crippen LogP contribution in [0.25, 0.3) is 5.52 Å². The molecule has 0 aliphatic rings. The van der Waals surface area contributed by atoms with Crippen molar-refractivity contribution < 1.29 is 4.55 Å². The molecule has 20 heavy (non-hydrogen) atoms. The molecule has 1 atom stereocenters. The normalized spacial score (nSPS) is 12.5. The summed E-state index contributed by atoms with van der Waals surface area (Å²) in [7, 11) is 0. The molecule has 6 heteroatoms. The first-order chi connectivity index (χ1) is 9.74. The van der Waals surface area contributed by atoms with Crippen LogP contribution in [0.1, 0.15) is 5.69 Å². The van der Waals surface area contributed by atoms with Crippen LogP contribution >= 0.6 is 0 Å². The molecule has 5 nitrogen and oxygen atoms in total. The van der Waals surface area contributed by atoms with Crippen molar-refractivity contribution >= 4 is 22.4 Å². The van der Waals surface area contributed by atoms with E-state index in [1.54, 1.807) is 17.0 Å². The Morgan fingerprint density at radius 3 is 2.75 bits per heavy atom. The molecule has 3 aromatic rings. The average Bonchev–Trinajstić information content (AvgIpc) is 2.88. The fourth-order valence-corrected chi connectivity index (χ4v) is 2.35. The fourth-order valence-electron chi connectivity index (χ4n) is 1.96. The molecular formula is C14H14N4OS. The maximum atomic E-state index is 11.5. The largest absolute Gasteiger partial charge is 0.609 e. The fraction of sp³-hybridized carbons (Fsp3) is 0.143. The van der Waals surface area contributed by atoms with Gasteiger partial charge in [0, 0.05) is 16.9 Å². The maximum absolute atomic E-state index is 11.5. The van der Waals surface area contributed by atoms with Gasteiger partial charge >= 0.3 is 5.16 Å². The molecule has 2 aromatic heterocycles. The van der Waals surface area contributed by atoms with Crippen molar-refractivity contribution in [3.63, 3.8) is 0 Å². The Balaban J connectivity index is 1.86. The lowest BCUT2D eigenvalue weighted by atomic mass is 10.3. The van der Waals surface area contributed by atoms with Gasteiger partial charge in [0.2, 0.25) is 0 Å². The van der Waals surface area contributed by atoms with Gasteiger partial charge in [0.05, 0.1) is 24.0 Å². The standard InChI is InChI=1S/C14H14N4OS/c1-20(19)14-16-10-13-8-7-12(18(13)17-14)9-15-11-5-3-2-4-6-11/h2-8,10,15H,9H2,1H3. The molecule has 1 unspecified atom stereocenters. The van der Waals surface area contributed by atoms with Gasteiger partial charge in [-0.2, -0.15) is 4.98 Å². The number of rotatable bonds is 4. The zero-order valence-corrected chi connectivity index (χ0v) is 11.8. The van der Waals surface area contributed by atoms with E-state index in [9.17, 15) is 4.55 Å². The molecule has 0 bridgehead atoms. The number of anilines is 1. The van der Waals surface area contributed by atoms with Gasteiger partial charge in [0.15, 0.2) is 0 Å². The Morgan fingerprint density at radius 2 is 2.00 bits per heavy atom. The predicted molar refractivity (Wildman–Crippen MR) is 79.1 cm³/mol. The van der Waals surface area contributed by atoms with Crippen LogP contribution in [0.2, 0.25) is 0 Å². The highest BCUT2D eigenvalue weighted by Crippen LogP contribution is 2.12. The topological polar surface area (TPSA) is 65.3 Å². The smallest absolute Gasteiger partial charge is 0.359 e. The van der Waals surface area contributed by atoms with E-state index >= 15 is 0 Å². The molecule has 2 heterocycles. The van der Waals surface area contributed by atoms with Crippen LogP contribution in [-0.4, -0.2) is 25.4 Å². The number of nitrogens with zero attached hydrogens (tertiary/aromatic N) is 3. The number of para-hydroxylation sites is 1. The summed E-state index contributed by atoms with van der Waals surface area (Å²) < 4.78 is 13.2. The zero-order chi connectivity index (χ0) is 13.9. The van der Waals surface area contributed by atoms with E-state index in [4.69, 9.17) is 0 Å². The minimum absolute atomic E-state index is 0.342. The van der Waals surface area contributed by atoms with Crippen molar-refractivity contribution in [2.75, 3.05) is 11.6 Å². The number of fused-ring (bicyclic) bond motifs is 1. The van der Waals surface area contributed by atoms with Crippen molar-refractivity contribution in [1.29, 1.82) is 0 Å².